The summed E-state index contributed by atoms with van der Waals surface area (Å²) in [5.74, 6) is 1.78. The number of pyridine rings is 1. The van der Waals surface area contributed by atoms with E-state index in [0.29, 0.717) is 30.4 Å². The summed E-state index contributed by atoms with van der Waals surface area (Å²) in [6, 6.07) is 5.74. The predicted octanol–water partition coefficient (Wildman–Crippen LogP) is 2.44. The molecule has 2 aromatic rings. The van der Waals surface area contributed by atoms with Crippen molar-refractivity contribution >= 4 is 0 Å². The molecule has 5 nitrogen and oxygen atoms in total. The normalized spacial score (nSPS) is 10.3. The molecule has 1 heterocycles. The van der Waals surface area contributed by atoms with Crippen molar-refractivity contribution in [2.24, 2.45) is 5.73 Å². The van der Waals surface area contributed by atoms with Crippen LogP contribution in [0.15, 0.2) is 30.6 Å². The molecule has 0 aliphatic rings. The van der Waals surface area contributed by atoms with Gasteiger partial charge in [-0.05, 0) is 36.2 Å². The van der Waals surface area contributed by atoms with Crippen molar-refractivity contribution in [2.45, 2.75) is 20.1 Å². The lowest BCUT2D eigenvalue weighted by Crippen LogP contribution is -2.03. The molecule has 21 heavy (non-hydrogen) atoms. The number of nitrogens with two attached hydrogens (primary N) is 1. The van der Waals surface area contributed by atoms with Crippen LogP contribution in [0.25, 0.3) is 0 Å². The van der Waals surface area contributed by atoms with Crippen LogP contribution in [0.2, 0.25) is 0 Å². The van der Waals surface area contributed by atoms with Gasteiger partial charge in [-0.2, -0.15) is 0 Å². The van der Waals surface area contributed by atoms with Gasteiger partial charge in [-0.3, -0.25) is 4.98 Å². The van der Waals surface area contributed by atoms with Crippen LogP contribution in [0.1, 0.15) is 16.7 Å². The van der Waals surface area contributed by atoms with E-state index < -0.39 is 0 Å². The Balaban J connectivity index is 2.26. The number of benzene rings is 1. The van der Waals surface area contributed by atoms with Gasteiger partial charge in [-0.1, -0.05) is 0 Å². The van der Waals surface area contributed by atoms with Crippen molar-refractivity contribution in [3.63, 3.8) is 0 Å². The van der Waals surface area contributed by atoms with Crippen LogP contribution in [0, 0.1) is 6.92 Å². The van der Waals surface area contributed by atoms with E-state index in [1.807, 2.05) is 25.1 Å². The summed E-state index contributed by atoms with van der Waals surface area (Å²) in [5, 5.41) is 0. The van der Waals surface area contributed by atoms with Crippen LogP contribution in [0.5, 0.6) is 17.2 Å². The first kappa shape index (κ1) is 15.1. The van der Waals surface area contributed by atoms with Crippen molar-refractivity contribution in [1.82, 2.24) is 4.98 Å². The molecular formula is C16H20N2O3. The minimum atomic E-state index is 0.392. The third-order valence-electron chi connectivity index (χ3n) is 3.07. The third-order valence-corrected chi connectivity index (χ3v) is 3.07. The molecule has 112 valence electrons. The Morgan fingerprint density at radius 1 is 1.00 bits per heavy atom. The molecule has 0 aliphatic heterocycles. The molecule has 0 radical (unpaired) electrons. The largest absolute Gasteiger partial charge is 0.493 e. The molecule has 1 aromatic carbocycles. The highest BCUT2D eigenvalue weighted by Gasteiger charge is 2.14. The number of ether oxygens (including phenoxy) is 3. The Labute approximate surface area is 124 Å². The van der Waals surface area contributed by atoms with Gasteiger partial charge in [-0.25, -0.2) is 0 Å². The summed E-state index contributed by atoms with van der Waals surface area (Å²) >= 11 is 0. The molecule has 0 atom stereocenters. The molecule has 2 rings (SSSR count). The summed E-state index contributed by atoms with van der Waals surface area (Å²) in [4.78, 5) is 4.15. The van der Waals surface area contributed by atoms with Crippen molar-refractivity contribution in [1.29, 1.82) is 0 Å². The summed E-state index contributed by atoms with van der Waals surface area (Å²) in [5.41, 5.74) is 8.67. The summed E-state index contributed by atoms with van der Waals surface area (Å²) in [6.45, 7) is 2.80. The maximum Gasteiger partial charge on any atom is 0.203 e. The van der Waals surface area contributed by atoms with E-state index in [2.05, 4.69) is 4.98 Å². The van der Waals surface area contributed by atoms with E-state index in [4.69, 9.17) is 19.9 Å². The Kier molecular flexibility index (Phi) is 5.00. The quantitative estimate of drug-likeness (QED) is 0.884. The second-order valence-corrected chi connectivity index (χ2v) is 4.69. The first-order valence-corrected chi connectivity index (χ1v) is 6.66. The lowest BCUT2D eigenvalue weighted by Gasteiger charge is -2.16. The standard InChI is InChI=1S/C16H20N2O3/c1-11-4-13(9-18-8-11)10-21-16-14(19-2)5-12(7-17)6-15(16)20-3/h4-6,8-9H,7,10,17H2,1-3H3. The average Bonchev–Trinajstić information content (AvgIpc) is 2.52. The van der Waals surface area contributed by atoms with Crippen LogP contribution in [-0.4, -0.2) is 19.2 Å². The van der Waals surface area contributed by atoms with E-state index in [-0.39, 0.29) is 0 Å². The molecule has 0 saturated heterocycles. The minimum absolute atomic E-state index is 0.392. The number of hydrogen-bond acceptors (Lipinski definition) is 5. The molecule has 1 aromatic heterocycles. The summed E-state index contributed by atoms with van der Waals surface area (Å²) in [7, 11) is 3.19. The van der Waals surface area contributed by atoms with Gasteiger partial charge >= 0.3 is 0 Å². The SMILES string of the molecule is COc1cc(CN)cc(OC)c1OCc1cncc(C)c1. The zero-order valence-electron chi connectivity index (χ0n) is 12.6. The Hall–Kier alpha value is -2.27. The molecule has 5 heteroatoms. The number of nitrogens with zero attached hydrogens (tertiary/aromatic N) is 1. The first-order chi connectivity index (χ1) is 10.2. The number of aromatic nitrogens is 1. The van der Waals surface area contributed by atoms with Crippen LogP contribution in [0.3, 0.4) is 0 Å². The van der Waals surface area contributed by atoms with E-state index >= 15 is 0 Å². The predicted molar refractivity (Wildman–Crippen MR) is 80.7 cm³/mol. The average molecular weight is 288 g/mol. The maximum atomic E-state index is 5.86. The monoisotopic (exact) mass is 288 g/mol. The van der Waals surface area contributed by atoms with E-state index in [0.717, 1.165) is 16.7 Å². The molecule has 0 bridgehead atoms. The number of methoxy groups -OCH3 is 2. The molecule has 0 amide bonds. The number of rotatable bonds is 6. The molecule has 2 N–H and O–H groups in total. The smallest absolute Gasteiger partial charge is 0.203 e. The fourth-order valence-corrected chi connectivity index (χ4v) is 2.05. The first-order valence-electron chi connectivity index (χ1n) is 6.66. The fraction of sp³-hybridized carbons (Fsp3) is 0.312. The van der Waals surface area contributed by atoms with Crippen LogP contribution >= 0.6 is 0 Å². The highest BCUT2D eigenvalue weighted by Crippen LogP contribution is 2.38. The highest BCUT2D eigenvalue weighted by atomic mass is 16.5. The lowest BCUT2D eigenvalue weighted by atomic mass is 10.2. The van der Waals surface area contributed by atoms with Crippen molar-refractivity contribution in [3.8, 4) is 17.2 Å². The Morgan fingerprint density at radius 2 is 1.67 bits per heavy atom. The van der Waals surface area contributed by atoms with Gasteiger partial charge in [0, 0.05) is 24.5 Å². The maximum absolute atomic E-state index is 5.86. The summed E-state index contributed by atoms with van der Waals surface area (Å²) < 4.78 is 16.6. The van der Waals surface area contributed by atoms with Crippen LogP contribution < -0.4 is 19.9 Å². The minimum Gasteiger partial charge on any atom is -0.493 e. The number of aryl methyl sites for hydroxylation is 1. The van der Waals surface area contributed by atoms with Gasteiger partial charge < -0.3 is 19.9 Å². The van der Waals surface area contributed by atoms with Crippen LogP contribution in [-0.2, 0) is 13.2 Å². The van der Waals surface area contributed by atoms with Crippen LogP contribution in [0.4, 0.5) is 0 Å². The zero-order chi connectivity index (χ0) is 15.2. The molecule has 0 unspecified atom stereocenters. The van der Waals surface area contributed by atoms with Crippen molar-refractivity contribution < 1.29 is 14.2 Å². The summed E-state index contributed by atoms with van der Waals surface area (Å²) in [6.07, 6.45) is 3.58. The molecule has 0 saturated carbocycles. The second-order valence-electron chi connectivity index (χ2n) is 4.69. The van der Waals surface area contributed by atoms with Gasteiger partial charge in [0.15, 0.2) is 11.5 Å². The second kappa shape index (κ2) is 6.95. The highest BCUT2D eigenvalue weighted by molar-refractivity contribution is 5.53. The third kappa shape index (κ3) is 3.64. The van der Waals surface area contributed by atoms with Gasteiger partial charge in [0.1, 0.15) is 6.61 Å². The molecule has 0 fully saturated rings. The van der Waals surface area contributed by atoms with Gasteiger partial charge in [0.2, 0.25) is 5.75 Å². The van der Waals surface area contributed by atoms with Crippen molar-refractivity contribution in [2.75, 3.05) is 14.2 Å². The molecule has 0 spiro atoms. The molecule has 0 aliphatic carbocycles. The molecular weight excluding hydrogens is 268 g/mol. The Bertz CT molecular complexity index is 589. The zero-order valence-corrected chi connectivity index (χ0v) is 12.6. The van der Waals surface area contributed by atoms with E-state index in [9.17, 15) is 0 Å². The Morgan fingerprint density at radius 3 is 2.19 bits per heavy atom. The topological polar surface area (TPSA) is 66.6 Å². The van der Waals surface area contributed by atoms with Gasteiger partial charge in [0.05, 0.1) is 14.2 Å². The van der Waals surface area contributed by atoms with Gasteiger partial charge in [0.25, 0.3) is 0 Å². The number of hydrogen-bond donors (Lipinski definition) is 1. The van der Waals surface area contributed by atoms with E-state index in [1.165, 1.54) is 0 Å². The van der Waals surface area contributed by atoms with E-state index in [1.54, 1.807) is 26.6 Å². The van der Waals surface area contributed by atoms with Gasteiger partial charge in [-0.15, -0.1) is 0 Å². The fourth-order valence-electron chi connectivity index (χ4n) is 2.05. The van der Waals surface area contributed by atoms with Crippen molar-refractivity contribution in [3.05, 3.63) is 47.3 Å². The lowest BCUT2D eigenvalue weighted by molar-refractivity contribution is 0.265.